The van der Waals surface area contributed by atoms with Crippen molar-refractivity contribution >= 4 is 80.7 Å². The molecular weight excluding hydrogens is 577 g/mol. The SMILES string of the molecule is C/C=C/c1ccc(/C=C/c2ccc3c(-c4c(OC)ccc5cc(/C=C/c6ccc(/C=C/C)s6)ccc45)c(OC)ccc3c2)s1. The second kappa shape index (κ2) is 13.3. The number of methoxy groups -OCH3 is 2. The fourth-order valence-corrected chi connectivity index (χ4v) is 7.27. The Morgan fingerprint density at radius 1 is 0.455 bits per heavy atom. The molecule has 0 aliphatic rings. The molecule has 0 radical (unpaired) electrons. The summed E-state index contributed by atoms with van der Waals surface area (Å²) in [5.74, 6) is 1.64. The standard InChI is InChI=1S/C40H34O2S2/c1-5-7-31-17-19-33(43-31)15-9-27-11-21-35-29(25-27)13-23-37(41-3)39(35)40-36-22-12-28(26-30(36)14-24-38(40)42-4)10-16-34-20-18-32(44-34)8-6-2/h5-26H,1-4H3/b7-5+,8-6+,15-9+,16-10+. The van der Waals surface area contributed by atoms with Crippen LogP contribution in [0, 0.1) is 0 Å². The van der Waals surface area contributed by atoms with Crippen molar-refractivity contribution < 1.29 is 9.47 Å². The smallest absolute Gasteiger partial charge is 0.127 e. The van der Waals surface area contributed by atoms with Crippen molar-refractivity contribution in [1.29, 1.82) is 0 Å². The Labute approximate surface area is 267 Å². The number of benzene rings is 4. The first-order chi connectivity index (χ1) is 21.6. The number of hydrogen-bond acceptors (Lipinski definition) is 4. The van der Waals surface area contributed by atoms with E-state index in [1.165, 1.54) is 19.5 Å². The highest BCUT2D eigenvalue weighted by atomic mass is 32.1. The minimum absolute atomic E-state index is 0.820. The third-order valence-corrected chi connectivity index (χ3v) is 9.57. The molecule has 0 spiro atoms. The Morgan fingerprint density at radius 3 is 1.25 bits per heavy atom. The van der Waals surface area contributed by atoms with Gasteiger partial charge in [0.15, 0.2) is 0 Å². The Hall–Kier alpha value is -4.64. The van der Waals surface area contributed by atoms with E-state index in [1.54, 1.807) is 36.9 Å². The van der Waals surface area contributed by atoms with Gasteiger partial charge in [-0.15, -0.1) is 22.7 Å². The number of allylic oxidation sites excluding steroid dienone is 2. The van der Waals surface area contributed by atoms with Gasteiger partial charge < -0.3 is 9.47 Å². The van der Waals surface area contributed by atoms with Crippen molar-refractivity contribution in [2.24, 2.45) is 0 Å². The first-order valence-electron chi connectivity index (χ1n) is 14.6. The third kappa shape index (κ3) is 6.19. The van der Waals surface area contributed by atoms with Gasteiger partial charge in [0.2, 0.25) is 0 Å². The van der Waals surface area contributed by atoms with E-state index in [2.05, 4.69) is 134 Å². The zero-order chi connectivity index (χ0) is 30.5. The highest BCUT2D eigenvalue weighted by molar-refractivity contribution is 7.14. The van der Waals surface area contributed by atoms with Crippen LogP contribution in [0.25, 0.3) is 69.1 Å². The average molecular weight is 611 g/mol. The summed E-state index contributed by atoms with van der Waals surface area (Å²) in [6.07, 6.45) is 17.1. The number of ether oxygens (including phenoxy) is 2. The molecule has 0 N–H and O–H groups in total. The number of thiophene rings is 2. The molecule has 6 rings (SSSR count). The lowest BCUT2D eigenvalue weighted by Crippen LogP contribution is -1.95. The van der Waals surface area contributed by atoms with Crippen LogP contribution in [0.1, 0.15) is 44.5 Å². The molecule has 0 unspecified atom stereocenters. The van der Waals surface area contributed by atoms with E-state index in [-0.39, 0.29) is 0 Å². The summed E-state index contributed by atoms with van der Waals surface area (Å²) in [6.45, 7) is 4.09. The molecule has 6 aromatic rings. The van der Waals surface area contributed by atoms with Crippen LogP contribution < -0.4 is 9.47 Å². The van der Waals surface area contributed by atoms with Crippen molar-refractivity contribution in [3.63, 3.8) is 0 Å². The summed E-state index contributed by atoms with van der Waals surface area (Å²) in [5.41, 5.74) is 4.38. The highest BCUT2D eigenvalue weighted by Gasteiger charge is 2.18. The first kappa shape index (κ1) is 29.4. The summed E-state index contributed by atoms with van der Waals surface area (Å²) in [5, 5.41) is 4.54. The predicted molar refractivity (Wildman–Crippen MR) is 196 cm³/mol. The molecule has 4 aromatic carbocycles. The highest BCUT2D eigenvalue weighted by Crippen LogP contribution is 2.45. The summed E-state index contributed by atoms with van der Waals surface area (Å²) in [6, 6.07) is 30.3. The maximum absolute atomic E-state index is 5.96. The number of fused-ring (bicyclic) bond motifs is 2. The molecule has 4 heteroatoms. The summed E-state index contributed by atoms with van der Waals surface area (Å²) >= 11 is 3.57. The Balaban J connectivity index is 1.41. The topological polar surface area (TPSA) is 18.5 Å². The molecule has 0 aliphatic heterocycles. The average Bonchev–Trinajstić information content (AvgIpc) is 3.71. The first-order valence-corrected chi connectivity index (χ1v) is 16.3. The van der Waals surface area contributed by atoms with Crippen molar-refractivity contribution in [1.82, 2.24) is 0 Å². The number of hydrogen-bond donors (Lipinski definition) is 0. The van der Waals surface area contributed by atoms with Gasteiger partial charge in [0.05, 0.1) is 14.2 Å². The summed E-state index contributed by atoms with van der Waals surface area (Å²) in [4.78, 5) is 4.99. The van der Waals surface area contributed by atoms with Crippen LogP contribution in [0.5, 0.6) is 11.5 Å². The van der Waals surface area contributed by atoms with Gasteiger partial charge in [0.1, 0.15) is 11.5 Å². The molecule has 0 atom stereocenters. The van der Waals surface area contributed by atoms with E-state index in [1.807, 2.05) is 13.8 Å². The molecular formula is C40H34O2S2. The Morgan fingerprint density at radius 2 is 0.864 bits per heavy atom. The molecule has 0 saturated carbocycles. The van der Waals surface area contributed by atoms with Crippen LogP contribution in [0.2, 0.25) is 0 Å². The van der Waals surface area contributed by atoms with Crippen LogP contribution in [-0.4, -0.2) is 14.2 Å². The van der Waals surface area contributed by atoms with Gasteiger partial charge in [-0.05, 0) is 119 Å². The fraction of sp³-hybridized carbons (Fsp3) is 0.100. The van der Waals surface area contributed by atoms with E-state index >= 15 is 0 Å². The maximum Gasteiger partial charge on any atom is 0.127 e. The van der Waals surface area contributed by atoms with Gasteiger partial charge in [-0.2, -0.15) is 0 Å². The molecule has 44 heavy (non-hydrogen) atoms. The van der Waals surface area contributed by atoms with E-state index in [9.17, 15) is 0 Å². The van der Waals surface area contributed by atoms with E-state index in [4.69, 9.17) is 9.47 Å². The van der Waals surface area contributed by atoms with Crippen LogP contribution in [-0.2, 0) is 0 Å². The summed E-state index contributed by atoms with van der Waals surface area (Å²) in [7, 11) is 3.47. The summed E-state index contributed by atoms with van der Waals surface area (Å²) < 4.78 is 11.9. The molecule has 0 saturated heterocycles. The predicted octanol–water partition coefficient (Wildman–Crippen LogP) is 12.2. The molecule has 2 aromatic heterocycles. The second-order valence-electron chi connectivity index (χ2n) is 10.4. The molecule has 2 heterocycles. The van der Waals surface area contributed by atoms with Gasteiger partial charge in [-0.1, -0.05) is 60.7 Å². The minimum atomic E-state index is 0.820. The Bertz CT molecular complexity index is 1920. The van der Waals surface area contributed by atoms with Gasteiger partial charge in [0, 0.05) is 30.6 Å². The third-order valence-electron chi connectivity index (χ3n) is 7.54. The largest absolute Gasteiger partial charge is 0.496 e. The fourth-order valence-electron chi connectivity index (χ4n) is 5.50. The monoisotopic (exact) mass is 610 g/mol. The van der Waals surface area contributed by atoms with Crippen molar-refractivity contribution in [3.05, 3.63) is 128 Å². The van der Waals surface area contributed by atoms with Crippen LogP contribution in [0.3, 0.4) is 0 Å². The molecule has 0 fully saturated rings. The van der Waals surface area contributed by atoms with Gasteiger partial charge in [-0.3, -0.25) is 0 Å². The van der Waals surface area contributed by atoms with E-state index in [0.29, 0.717) is 0 Å². The minimum Gasteiger partial charge on any atom is -0.496 e. The lowest BCUT2D eigenvalue weighted by molar-refractivity contribution is 0.411. The van der Waals surface area contributed by atoms with Gasteiger partial charge in [-0.25, -0.2) is 0 Å². The molecule has 218 valence electrons. The van der Waals surface area contributed by atoms with Gasteiger partial charge >= 0.3 is 0 Å². The maximum atomic E-state index is 5.96. The molecule has 2 nitrogen and oxygen atoms in total. The van der Waals surface area contributed by atoms with E-state index in [0.717, 1.165) is 55.3 Å². The van der Waals surface area contributed by atoms with Crippen molar-refractivity contribution in [3.8, 4) is 22.6 Å². The van der Waals surface area contributed by atoms with Gasteiger partial charge in [0.25, 0.3) is 0 Å². The molecule has 0 bridgehead atoms. The zero-order valence-electron chi connectivity index (χ0n) is 25.3. The van der Waals surface area contributed by atoms with Crippen molar-refractivity contribution in [2.75, 3.05) is 14.2 Å². The van der Waals surface area contributed by atoms with Crippen LogP contribution in [0.15, 0.2) is 97.1 Å². The van der Waals surface area contributed by atoms with Crippen LogP contribution >= 0.6 is 22.7 Å². The lowest BCUT2D eigenvalue weighted by Gasteiger charge is -2.18. The molecule has 0 aliphatic carbocycles. The normalized spacial score (nSPS) is 12.2. The van der Waals surface area contributed by atoms with Crippen molar-refractivity contribution in [2.45, 2.75) is 13.8 Å². The second-order valence-corrected chi connectivity index (χ2v) is 12.7. The zero-order valence-corrected chi connectivity index (χ0v) is 27.0. The quantitative estimate of drug-likeness (QED) is 0.162. The molecule has 0 amide bonds. The number of rotatable bonds is 9. The van der Waals surface area contributed by atoms with Crippen LogP contribution in [0.4, 0.5) is 0 Å². The van der Waals surface area contributed by atoms with E-state index < -0.39 is 0 Å². The Kier molecular flexibility index (Phi) is 8.92. The lowest BCUT2D eigenvalue weighted by atomic mass is 9.91.